The summed E-state index contributed by atoms with van der Waals surface area (Å²) in [6.45, 7) is 4.20. The second kappa shape index (κ2) is 2.91. The first-order valence-corrected chi connectivity index (χ1v) is 4.84. The number of aryl methyl sites for hydroxylation is 2. The van der Waals surface area contributed by atoms with Crippen molar-refractivity contribution < 1.29 is 0 Å². The number of rotatable bonds is 0. The molecule has 1 N–H and O–H groups in total. The molecule has 0 amide bonds. The first-order chi connectivity index (χ1) is 5.36. The van der Waals surface area contributed by atoms with E-state index in [-0.39, 0.29) is 0 Å². The molecule has 60 valence electrons. The minimum Gasteiger partial charge on any atom is -0.311 e. The van der Waals surface area contributed by atoms with Crippen LogP contribution in [-0.4, -0.2) is 11.5 Å². The maximum absolute atomic E-state index is 4.47. The summed E-state index contributed by atoms with van der Waals surface area (Å²) < 4.78 is 0. The summed E-state index contributed by atoms with van der Waals surface area (Å²) in [5, 5.41) is 4.57. The third-order valence-corrected chi connectivity index (χ3v) is 3.01. The van der Waals surface area contributed by atoms with E-state index in [1.54, 1.807) is 0 Å². The average molecular weight is 168 g/mol. The summed E-state index contributed by atoms with van der Waals surface area (Å²) in [5.74, 6) is 0. The van der Waals surface area contributed by atoms with Crippen LogP contribution in [0.4, 0.5) is 0 Å². The quantitative estimate of drug-likeness (QED) is 0.635. The van der Waals surface area contributed by atoms with Gasteiger partial charge in [-0.2, -0.15) is 0 Å². The molecule has 1 aromatic rings. The van der Waals surface area contributed by atoms with E-state index in [9.17, 15) is 0 Å². The van der Waals surface area contributed by atoms with Crippen LogP contribution in [0, 0.1) is 6.92 Å². The van der Waals surface area contributed by atoms with E-state index in [4.69, 9.17) is 0 Å². The normalized spacial score (nSPS) is 17.5. The van der Waals surface area contributed by atoms with Crippen molar-refractivity contribution in [3.63, 3.8) is 0 Å². The molecule has 0 bridgehead atoms. The highest BCUT2D eigenvalue weighted by Crippen LogP contribution is 2.20. The van der Waals surface area contributed by atoms with Gasteiger partial charge < -0.3 is 5.32 Å². The van der Waals surface area contributed by atoms with Gasteiger partial charge in [-0.1, -0.05) is 0 Å². The van der Waals surface area contributed by atoms with Gasteiger partial charge in [0.25, 0.3) is 0 Å². The maximum Gasteiger partial charge on any atom is 0.0900 e. The lowest BCUT2D eigenvalue weighted by atomic mass is 10.2. The van der Waals surface area contributed by atoms with Gasteiger partial charge in [-0.3, -0.25) is 0 Å². The average Bonchev–Trinajstić information content (AvgIpc) is 2.17. The Labute approximate surface area is 70.7 Å². The van der Waals surface area contributed by atoms with Crippen LogP contribution in [-0.2, 0) is 13.0 Å². The van der Waals surface area contributed by atoms with E-state index in [1.807, 2.05) is 11.3 Å². The third-order valence-electron chi connectivity index (χ3n) is 1.94. The molecule has 2 heterocycles. The molecule has 2 rings (SSSR count). The molecule has 0 fully saturated rings. The summed E-state index contributed by atoms with van der Waals surface area (Å²) in [5.41, 5.74) is 1.28. The summed E-state index contributed by atoms with van der Waals surface area (Å²) in [6, 6.07) is 0. The summed E-state index contributed by atoms with van der Waals surface area (Å²) in [4.78, 5) is 5.96. The molecule has 0 saturated carbocycles. The number of nitrogens with one attached hydrogen (secondary N) is 1. The van der Waals surface area contributed by atoms with E-state index < -0.39 is 0 Å². The number of hydrogen-bond acceptors (Lipinski definition) is 3. The van der Waals surface area contributed by atoms with Crippen LogP contribution in [0.2, 0.25) is 0 Å². The molecule has 0 saturated heterocycles. The van der Waals surface area contributed by atoms with Crippen molar-refractivity contribution in [1.82, 2.24) is 10.3 Å². The number of fused-ring (bicyclic) bond motifs is 1. The number of thiazole rings is 1. The van der Waals surface area contributed by atoms with Crippen molar-refractivity contribution in [3.8, 4) is 0 Å². The molecule has 11 heavy (non-hydrogen) atoms. The standard InChI is InChI=1S/C8H12N2S/c1-6-10-7-5-9-4-2-3-8(7)11-6/h9H,2-5H2,1H3. The lowest BCUT2D eigenvalue weighted by molar-refractivity contribution is 0.674. The first kappa shape index (κ1) is 7.25. The highest BCUT2D eigenvalue weighted by Gasteiger charge is 2.10. The molecular weight excluding hydrogens is 156 g/mol. The van der Waals surface area contributed by atoms with Crippen molar-refractivity contribution in [1.29, 1.82) is 0 Å². The summed E-state index contributed by atoms with van der Waals surface area (Å²) in [7, 11) is 0. The lowest BCUT2D eigenvalue weighted by Crippen LogP contribution is -2.12. The predicted molar refractivity (Wildman–Crippen MR) is 46.9 cm³/mol. The van der Waals surface area contributed by atoms with Gasteiger partial charge in [-0.15, -0.1) is 11.3 Å². The van der Waals surface area contributed by atoms with Gasteiger partial charge in [0.1, 0.15) is 0 Å². The highest BCUT2D eigenvalue weighted by atomic mass is 32.1. The second-order valence-electron chi connectivity index (χ2n) is 2.88. The molecule has 0 aromatic carbocycles. The molecule has 0 atom stereocenters. The van der Waals surface area contributed by atoms with Crippen LogP contribution in [0.25, 0.3) is 0 Å². The van der Waals surface area contributed by atoms with Gasteiger partial charge in [0.15, 0.2) is 0 Å². The van der Waals surface area contributed by atoms with Crippen LogP contribution < -0.4 is 5.32 Å². The number of nitrogens with zero attached hydrogens (tertiary/aromatic N) is 1. The summed E-state index contributed by atoms with van der Waals surface area (Å²) >= 11 is 1.85. The molecule has 0 unspecified atom stereocenters. The fraction of sp³-hybridized carbons (Fsp3) is 0.625. The Morgan fingerprint density at radius 1 is 1.55 bits per heavy atom. The van der Waals surface area contributed by atoms with E-state index >= 15 is 0 Å². The Bertz CT molecular complexity index is 231. The molecule has 1 aliphatic rings. The molecule has 1 aromatic heterocycles. The zero-order valence-electron chi connectivity index (χ0n) is 6.68. The molecule has 2 nitrogen and oxygen atoms in total. The number of aromatic nitrogens is 1. The van der Waals surface area contributed by atoms with Gasteiger partial charge in [0.2, 0.25) is 0 Å². The zero-order valence-corrected chi connectivity index (χ0v) is 7.50. The highest BCUT2D eigenvalue weighted by molar-refractivity contribution is 7.11. The SMILES string of the molecule is Cc1nc2c(s1)CCCNC2. The third kappa shape index (κ3) is 1.44. The van der Waals surface area contributed by atoms with E-state index in [1.165, 1.54) is 28.4 Å². The van der Waals surface area contributed by atoms with Crippen molar-refractivity contribution in [3.05, 3.63) is 15.6 Å². The van der Waals surface area contributed by atoms with Crippen LogP contribution in [0.15, 0.2) is 0 Å². The lowest BCUT2D eigenvalue weighted by Gasteiger charge is -1.94. The molecule has 0 radical (unpaired) electrons. The van der Waals surface area contributed by atoms with Crippen molar-refractivity contribution in [2.24, 2.45) is 0 Å². The molecule has 0 spiro atoms. The Kier molecular flexibility index (Phi) is 1.92. The minimum atomic E-state index is 0.972. The fourth-order valence-electron chi connectivity index (χ4n) is 1.43. The van der Waals surface area contributed by atoms with Gasteiger partial charge in [-0.05, 0) is 26.3 Å². The smallest absolute Gasteiger partial charge is 0.0900 e. The van der Waals surface area contributed by atoms with E-state index in [2.05, 4.69) is 17.2 Å². The van der Waals surface area contributed by atoms with Crippen molar-refractivity contribution in [2.75, 3.05) is 6.54 Å². The molecule has 0 aliphatic carbocycles. The monoisotopic (exact) mass is 168 g/mol. The van der Waals surface area contributed by atoms with Gasteiger partial charge in [0.05, 0.1) is 10.7 Å². The van der Waals surface area contributed by atoms with Gasteiger partial charge in [0, 0.05) is 11.4 Å². The maximum atomic E-state index is 4.47. The van der Waals surface area contributed by atoms with E-state index in [0.29, 0.717) is 0 Å². The summed E-state index contributed by atoms with van der Waals surface area (Å²) in [6.07, 6.45) is 2.47. The fourth-order valence-corrected chi connectivity index (χ4v) is 2.42. The largest absolute Gasteiger partial charge is 0.311 e. The molecule has 3 heteroatoms. The Balaban J connectivity index is 2.32. The van der Waals surface area contributed by atoms with Gasteiger partial charge in [-0.25, -0.2) is 4.98 Å². The molecular formula is C8H12N2S. The van der Waals surface area contributed by atoms with Crippen LogP contribution in [0.3, 0.4) is 0 Å². The zero-order chi connectivity index (χ0) is 7.68. The Morgan fingerprint density at radius 2 is 2.45 bits per heavy atom. The van der Waals surface area contributed by atoms with Gasteiger partial charge >= 0.3 is 0 Å². The Morgan fingerprint density at radius 3 is 3.36 bits per heavy atom. The Hall–Kier alpha value is -0.410. The second-order valence-corrected chi connectivity index (χ2v) is 4.17. The van der Waals surface area contributed by atoms with Crippen molar-refractivity contribution in [2.45, 2.75) is 26.3 Å². The topological polar surface area (TPSA) is 24.9 Å². The first-order valence-electron chi connectivity index (χ1n) is 4.02. The van der Waals surface area contributed by atoms with Crippen molar-refractivity contribution >= 4 is 11.3 Å². The van der Waals surface area contributed by atoms with Crippen LogP contribution in [0.5, 0.6) is 0 Å². The molecule has 1 aliphatic heterocycles. The van der Waals surface area contributed by atoms with Crippen LogP contribution >= 0.6 is 11.3 Å². The van der Waals surface area contributed by atoms with E-state index in [0.717, 1.165) is 13.1 Å². The van der Waals surface area contributed by atoms with Crippen LogP contribution in [0.1, 0.15) is 22.0 Å². The minimum absolute atomic E-state index is 0.972. The predicted octanol–water partition coefficient (Wildman–Crippen LogP) is 1.49. The number of hydrogen-bond donors (Lipinski definition) is 1.